The molecule has 0 amide bonds. The van der Waals surface area contributed by atoms with Crippen LogP contribution in [0.2, 0.25) is 0 Å². The maximum absolute atomic E-state index is 13.1. The number of hydrogen-bond donors (Lipinski definition) is 0. The molecule has 3 heterocycles. The van der Waals surface area contributed by atoms with Gasteiger partial charge >= 0.3 is 5.69 Å². The van der Waals surface area contributed by atoms with Crippen LogP contribution >= 0.6 is 0 Å². The lowest BCUT2D eigenvalue weighted by Crippen LogP contribution is -2.29. The SMILES string of the molecule is COc1ccc(Cn2c(=O)n3ncnc3c3cc(N(C)CCCN(C)C)cnc32)cc1. The molecule has 9 nitrogen and oxygen atoms in total. The van der Waals surface area contributed by atoms with Gasteiger partial charge in [0.25, 0.3) is 0 Å². The first-order valence-corrected chi connectivity index (χ1v) is 10.2. The van der Waals surface area contributed by atoms with Crippen LogP contribution in [0.1, 0.15) is 12.0 Å². The standard InChI is InChI=1S/C22H27N7O2/c1-26(2)10-5-11-27(3)17-12-19-20(23-13-17)28(22(30)29-21(19)24-15-25-29)14-16-6-8-18(31-4)9-7-16/h6-9,12-13,15H,5,10-11,14H2,1-4H3. The number of hydrogen-bond acceptors (Lipinski definition) is 7. The van der Waals surface area contributed by atoms with E-state index in [4.69, 9.17) is 4.74 Å². The molecule has 162 valence electrons. The molecule has 0 N–H and O–H groups in total. The zero-order valence-electron chi connectivity index (χ0n) is 18.3. The lowest BCUT2D eigenvalue weighted by Gasteiger charge is -2.21. The van der Waals surface area contributed by atoms with Crippen molar-refractivity contribution in [1.82, 2.24) is 29.0 Å². The fraction of sp³-hybridized carbons (Fsp3) is 0.364. The van der Waals surface area contributed by atoms with Crippen molar-refractivity contribution in [2.24, 2.45) is 0 Å². The molecule has 1 aromatic carbocycles. The summed E-state index contributed by atoms with van der Waals surface area (Å²) in [6, 6.07) is 9.67. The molecular formula is C22H27N7O2. The van der Waals surface area contributed by atoms with Gasteiger partial charge in [-0.05, 0) is 50.8 Å². The van der Waals surface area contributed by atoms with Crippen molar-refractivity contribution in [1.29, 1.82) is 0 Å². The number of pyridine rings is 1. The lowest BCUT2D eigenvalue weighted by atomic mass is 10.2. The maximum atomic E-state index is 13.1. The minimum atomic E-state index is -0.268. The first-order chi connectivity index (χ1) is 15.0. The van der Waals surface area contributed by atoms with Crippen molar-refractivity contribution in [3.63, 3.8) is 0 Å². The van der Waals surface area contributed by atoms with Gasteiger partial charge in [0.1, 0.15) is 17.7 Å². The lowest BCUT2D eigenvalue weighted by molar-refractivity contribution is 0.401. The van der Waals surface area contributed by atoms with E-state index in [2.05, 4.69) is 39.0 Å². The largest absolute Gasteiger partial charge is 0.497 e. The van der Waals surface area contributed by atoms with Crippen LogP contribution in [0, 0.1) is 0 Å². The molecule has 4 aromatic rings. The molecule has 0 unspecified atom stereocenters. The maximum Gasteiger partial charge on any atom is 0.352 e. The fourth-order valence-electron chi connectivity index (χ4n) is 3.61. The third kappa shape index (κ3) is 4.22. The van der Waals surface area contributed by atoms with Crippen LogP contribution in [0.3, 0.4) is 0 Å². The van der Waals surface area contributed by atoms with Gasteiger partial charge in [0.15, 0.2) is 5.65 Å². The molecule has 4 rings (SSSR count). The molecule has 0 saturated carbocycles. The summed E-state index contributed by atoms with van der Waals surface area (Å²) in [6.45, 7) is 2.29. The van der Waals surface area contributed by atoms with E-state index in [0.717, 1.165) is 41.9 Å². The van der Waals surface area contributed by atoms with Crippen molar-refractivity contribution < 1.29 is 4.74 Å². The summed E-state index contributed by atoms with van der Waals surface area (Å²) in [7, 11) is 7.82. The monoisotopic (exact) mass is 421 g/mol. The third-order valence-electron chi connectivity index (χ3n) is 5.35. The Labute approximate surface area is 180 Å². The molecular weight excluding hydrogens is 394 g/mol. The number of aromatic nitrogens is 5. The molecule has 0 radical (unpaired) electrons. The van der Waals surface area contributed by atoms with E-state index in [1.54, 1.807) is 11.7 Å². The van der Waals surface area contributed by atoms with Gasteiger partial charge in [0, 0.05) is 13.6 Å². The summed E-state index contributed by atoms with van der Waals surface area (Å²) in [5, 5.41) is 4.94. The molecule has 9 heteroatoms. The molecule has 0 atom stereocenters. The van der Waals surface area contributed by atoms with E-state index in [1.165, 1.54) is 10.8 Å². The molecule has 0 aliphatic carbocycles. The van der Waals surface area contributed by atoms with E-state index in [9.17, 15) is 4.79 Å². The van der Waals surface area contributed by atoms with Crippen LogP contribution in [0.25, 0.3) is 16.7 Å². The second-order valence-electron chi connectivity index (χ2n) is 7.86. The second-order valence-corrected chi connectivity index (χ2v) is 7.86. The van der Waals surface area contributed by atoms with E-state index >= 15 is 0 Å². The first kappa shape index (κ1) is 20.8. The Hall–Kier alpha value is -3.46. The van der Waals surface area contributed by atoms with Crippen molar-refractivity contribution >= 4 is 22.4 Å². The zero-order valence-corrected chi connectivity index (χ0v) is 18.3. The van der Waals surface area contributed by atoms with Gasteiger partial charge in [-0.15, -0.1) is 0 Å². The highest BCUT2D eigenvalue weighted by Crippen LogP contribution is 2.22. The van der Waals surface area contributed by atoms with Crippen LogP contribution in [0.5, 0.6) is 5.75 Å². The molecule has 0 bridgehead atoms. The van der Waals surface area contributed by atoms with E-state index in [-0.39, 0.29) is 5.69 Å². The van der Waals surface area contributed by atoms with Gasteiger partial charge in [-0.2, -0.15) is 9.61 Å². The Balaban J connectivity index is 1.75. The highest BCUT2D eigenvalue weighted by molar-refractivity contribution is 5.91. The molecule has 0 saturated heterocycles. The molecule has 0 spiro atoms. The molecule has 0 fully saturated rings. The van der Waals surface area contributed by atoms with E-state index in [1.807, 2.05) is 43.6 Å². The highest BCUT2D eigenvalue weighted by Gasteiger charge is 2.15. The normalized spacial score (nSPS) is 11.5. The fourth-order valence-corrected chi connectivity index (χ4v) is 3.61. The topological polar surface area (TPSA) is 80.8 Å². The number of benzene rings is 1. The van der Waals surface area contributed by atoms with Crippen molar-refractivity contribution in [3.8, 4) is 5.75 Å². The Bertz CT molecular complexity index is 1240. The first-order valence-electron chi connectivity index (χ1n) is 10.2. The van der Waals surface area contributed by atoms with Crippen LogP contribution in [-0.4, -0.2) is 70.4 Å². The summed E-state index contributed by atoms with van der Waals surface area (Å²) < 4.78 is 8.20. The van der Waals surface area contributed by atoms with Crippen LogP contribution < -0.4 is 15.3 Å². The number of nitrogens with zero attached hydrogens (tertiary/aromatic N) is 7. The van der Waals surface area contributed by atoms with Gasteiger partial charge in [-0.1, -0.05) is 12.1 Å². The van der Waals surface area contributed by atoms with Crippen molar-refractivity contribution in [3.05, 3.63) is 58.9 Å². The Kier molecular flexibility index (Phi) is 5.85. The molecule has 31 heavy (non-hydrogen) atoms. The van der Waals surface area contributed by atoms with Gasteiger partial charge in [0.05, 0.1) is 30.9 Å². The van der Waals surface area contributed by atoms with Crippen molar-refractivity contribution in [2.45, 2.75) is 13.0 Å². The Morgan fingerprint density at radius 1 is 1.03 bits per heavy atom. The van der Waals surface area contributed by atoms with Gasteiger partial charge in [0.2, 0.25) is 0 Å². The van der Waals surface area contributed by atoms with Crippen LogP contribution in [0.15, 0.2) is 47.7 Å². The average Bonchev–Trinajstić information content (AvgIpc) is 3.27. The van der Waals surface area contributed by atoms with E-state index < -0.39 is 0 Å². The van der Waals surface area contributed by atoms with Crippen molar-refractivity contribution in [2.75, 3.05) is 46.2 Å². The van der Waals surface area contributed by atoms with Gasteiger partial charge in [-0.3, -0.25) is 4.57 Å². The van der Waals surface area contributed by atoms with Gasteiger partial charge in [-0.25, -0.2) is 14.8 Å². The third-order valence-corrected chi connectivity index (χ3v) is 5.35. The zero-order chi connectivity index (χ0) is 22.0. The minimum Gasteiger partial charge on any atom is -0.497 e. The summed E-state index contributed by atoms with van der Waals surface area (Å²) >= 11 is 0. The predicted molar refractivity (Wildman–Crippen MR) is 121 cm³/mol. The quantitative estimate of drug-likeness (QED) is 0.430. The van der Waals surface area contributed by atoms with Crippen LogP contribution in [0.4, 0.5) is 5.69 Å². The highest BCUT2D eigenvalue weighted by atomic mass is 16.5. The Morgan fingerprint density at radius 2 is 1.81 bits per heavy atom. The average molecular weight is 422 g/mol. The smallest absolute Gasteiger partial charge is 0.352 e. The minimum absolute atomic E-state index is 0.268. The molecule has 0 aliphatic heterocycles. The second kappa shape index (κ2) is 8.73. The number of rotatable bonds is 8. The number of anilines is 1. The van der Waals surface area contributed by atoms with Gasteiger partial charge < -0.3 is 14.5 Å². The Morgan fingerprint density at radius 3 is 2.52 bits per heavy atom. The van der Waals surface area contributed by atoms with Crippen LogP contribution in [-0.2, 0) is 6.54 Å². The molecule has 0 aliphatic rings. The summed E-state index contributed by atoms with van der Waals surface area (Å²) in [5.74, 6) is 0.771. The summed E-state index contributed by atoms with van der Waals surface area (Å²) in [5.41, 5.74) is 2.78. The van der Waals surface area contributed by atoms with E-state index in [0.29, 0.717) is 17.8 Å². The number of ether oxygens (including phenoxy) is 1. The molecule has 3 aromatic heterocycles. The summed E-state index contributed by atoms with van der Waals surface area (Å²) in [6.07, 6.45) is 4.26. The predicted octanol–water partition coefficient (Wildman–Crippen LogP) is 1.88. The number of methoxy groups -OCH3 is 1. The number of fused-ring (bicyclic) bond motifs is 3. The summed E-state index contributed by atoms with van der Waals surface area (Å²) in [4.78, 5) is 26.4.